The van der Waals surface area contributed by atoms with Crippen LogP contribution in [0.15, 0.2) is 10.2 Å². The molecule has 0 atom stereocenters. The summed E-state index contributed by atoms with van der Waals surface area (Å²) in [5.74, 6) is 0. The van der Waals surface area contributed by atoms with Crippen molar-refractivity contribution < 1.29 is 18.8 Å². The van der Waals surface area contributed by atoms with E-state index in [1.165, 1.54) is 0 Å². The van der Waals surface area contributed by atoms with Gasteiger partial charge in [0.2, 0.25) is 0 Å². The van der Waals surface area contributed by atoms with Crippen LogP contribution in [-0.4, -0.2) is 27.1 Å². The molecule has 0 rings (SSSR count). The molecule has 0 heterocycles. The number of amides is 2. The van der Waals surface area contributed by atoms with E-state index in [1.54, 1.807) is 6.92 Å². The van der Waals surface area contributed by atoms with Gasteiger partial charge in [-0.2, -0.15) is 0 Å². The number of carbonyl (C=O) groups is 2. The predicted octanol–water partition coefficient (Wildman–Crippen LogP) is 4.91. The maximum Gasteiger partial charge on any atom is 0.452 e. The maximum absolute atomic E-state index is 11.7. The third-order valence-electron chi connectivity index (χ3n) is 2.90. The van der Waals surface area contributed by atoms with E-state index in [9.17, 15) is 9.59 Å². The van der Waals surface area contributed by atoms with Crippen LogP contribution in [0.1, 0.15) is 47.0 Å². The lowest BCUT2D eigenvalue weighted by molar-refractivity contribution is 0.160. The van der Waals surface area contributed by atoms with Crippen molar-refractivity contribution in [3.8, 4) is 0 Å². The molecule has 0 spiro atoms. The van der Waals surface area contributed by atoms with Crippen LogP contribution in [-0.2, 0) is 9.16 Å². The van der Waals surface area contributed by atoms with Crippen molar-refractivity contribution >= 4 is 20.5 Å². The normalized spacial score (nSPS) is 11.6. The molecule has 0 N–H and O–H groups in total. The molecule has 0 aliphatic rings. The van der Waals surface area contributed by atoms with Crippen LogP contribution >= 0.6 is 0 Å². The van der Waals surface area contributed by atoms with Gasteiger partial charge in [-0.05, 0) is 25.1 Å². The lowest BCUT2D eigenvalue weighted by atomic mass is 10.6. The van der Waals surface area contributed by atoms with E-state index in [2.05, 4.69) is 35.7 Å². The fourth-order valence-electron chi connectivity index (χ4n) is 2.33. The predicted molar refractivity (Wildman–Crippen MR) is 79.4 cm³/mol. The first-order chi connectivity index (χ1) is 9.53. The van der Waals surface area contributed by atoms with Gasteiger partial charge in [0.25, 0.3) is 8.32 Å². The molecule has 7 heteroatoms. The van der Waals surface area contributed by atoms with Crippen molar-refractivity contribution in [3.63, 3.8) is 0 Å². The molecule has 0 aromatic carbocycles. The van der Waals surface area contributed by atoms with Gasteiger partial charge >= 0.3 is 12.2 Å². The minimum Gasteiger partial charge on any atom is -0.501 e. The fourth-order valence-corrected chi connectivity index (χ4v) is 6.54. The molecule has 20 heavy (non-hydrogen) atoms. The summed E-state index contributed by atoms with van der Waals surface area (Å²) in [4.78, 5) is 22.7. The summed E-state index contributed by atoms with van der Waals surface area (Å²) in [7, 11) is -2.10. The third kappa shape index (κ3) is 7.37. The number of hydrogen-bond donors (Lipinski definition) is 0. The Bertz CT molecular complexity index is 317. The van der Waals surface area contributed by atoms with Crippen molar-refractivity contribution in [2.24, 2.45) is 10.2 Å². The average molecular weight is 302 g/mol. The van der Waals surface area contributed by atoms with Crippen molar-refractivity contribution in [1.82, 2.24) is 0 Å². The van der Waals surface area contributed by atoms with Crippen LogP contribution in [0.3, 0.4) is 0 Å². The van der Waals surface area contributed by atoms with Crippen LogP contribution < -0.4 is 0 Å². The monoisotopic (exact) mass is 302 g/mol. The third-order valence-corrected chi connectivity index (χ3v) is 7.74. The highest BCUT2D eigenvalue weighted by Gasteiger charge is 2.36. The number of rotatable bonds is 8. The molecular weight excluding hydrogens is 276 g/mol. The number of hydrogen-bond acceptors (Lipinski definition) is 4. The molecule has 0 aromatic heterocycles. The molecule has 0 bridgehead atoms. The fraction of sp³-hybridized carbons (Fsp3) is 0.846. The van der Waals surface area contributed by atoms with Crippen LogP contribution in [0.4, 0.5) is 9.59 Å². The van der Waals surface area contributed by atoms with Gasteiger partial charge in [0, 0.05) is 0 Å². The number of nitrogens with zero attached hydrogens (tertiary/aromatic N) is 2. The molecule has 0 radical (unpaired) electrons. The molecule has 0 fully saturated rings. The van der Waals surface area contributed by atoms with Gasteiger partial charge in [-0.25, -0.2) is 9.59 Å². The molecular formula is C13H26N2O4Si. The molecule has 116 valence electrons. The van der Waals surface area contributed by atoms with Gasteiger partial charge in [0.05, 0.1) is 6.61 Å². The highest BCUT2D eigenvalue weighted by Crippen LogP contribution is 2.27. The second kappa shape index (κ2) is 10.5. The lowest BCUT2D eigenvalue weighted by Crippen LogP contribution is -2.39. The summed E-state index contributed by atoms with van der Waals surface area (Å²) < 4.78 is 10.2. The molecule has 0 saturated heterocycles. The van der Waals surface area contributed by atoms with Gasteiger partial charge in [-0.3, -0.25) is 0 Å². The van der Waals surface area contributed by atoms with Gasteiger partial charge in [-0.1, -0.05) is 50.3 Å². The molecule has 0 aliphatic carbocycles. The summed E-state index contributed by atoms with van der Waals surface area (Å²) >= 11 is 0. The first-order valence-corrected chi connectivity index (χ1v) is 9.88. The van der Waals surface area contributed by atoms with E-state index < -0.39 is 20.5 Å². The molecule has 0 saturated carbocycles. The second-order valence-electron chi connectivity index (χ2n) is 4.70. The van der Waals surface area contributed by atoms with Gasteiger partial charge < -0.3 is 9.16 Å². The van der Waals surface area contributed by atoms with Crippen molar-refractivity contribution in [3.05, 3.63) is 0 Å². The zero-order valence-corrected chi connectivity index (χ0v) is 14.0. The van der Waals surface area contributed by atoms with Gasteiger partial charge in [0.1, 0.15) is 0 Å². The highest BCUT2D eigenvalue weighted by atomic mass is 28.4. The maximum atomic E-state index is 11.7. The number of ether oxygens (including phenoxy) is 1. The largest absolute Gasteiger partial charge is 0.501 e. The van der Waals surface area contributed by atoms with Gasteiger partial charge in [0.15, 0.2) is 0 Å². The number of carbonyl (C=O) groups excluding carboxylic acids is 2. The van der Waals surface area contributed by atoms with E-state index in [0.29, 0.717) is 0 Å². The first kappa shape index (κ1) is 18.8. The Morgan fingerprint density at radius 2 is 1.30 bits per heavy atom. The van der Waals surface area contributed by atoms with Crippen LogP contribution in [0, 0.1) is 0 Å². The van der Waals surface area contributed by atoms with E-state index in [-0.39, 0.29) is 6.61 Å². The summed E-state index contributed by atoms with van der Waals surface area (Å²) in [6.45, 7) is 8.11. The standard InChI is InChI=1S/C13H26N2O4Si/c1-5-9-20(10-6-2,11-7-3)19-13(17)15-14-12(16)18-8-4/h5-11H2,1-4H3/b15-14+. The number of azo groups is 1. The van der Waals surface area contributed by atoms with Gasteiger partial charge in [-0.15, -0.1) is 0 Å². The minimum atomic E-state index is -2.10. The topological polar surface area (TPSA) is 77.3 Å². The van der Waals surface area contributed by atoms with Crippen LogP contribution in [0.5, 0.6) is 0 Å². The van der Waals surface area contributed by atoms with E-state index in [1.807, 2.05) is 0 Å². The Hall–Kier alpha value is -1.24. The van der Waals surface area contributed by atoms with E-state index in [0.717, 1.165) is 37.4 Å². The Morgan fingerprint density at radius 3 is 1.70 bits per heavy atom. The molecule has 6 nitrogen and oxygen atoms in total. The summed E-state index contributed by atoms with van der Waals surface area (Å²) in [6, 6.07) is 2.78. The van der Waals surface area contributed by atoms with Crippen LogP contribution in [0.25, 0.3) is 0 Å². The van der Waals surface area contributed by atoms with Crippen LogP contribution in [0.2, 0.25) is 18.1 Å². The Labute approximate surface area is 122 Å². The van der Waals surface area contributed by atoms with E-state index in [4.69, 9.17) is 4.43 Å². The zero-order valence-electron chi connectivity index (χ0n) is 13.0. The van der Waals surface area contributed by atoms with E-state index >= 15 is 0 Å². The summed E-state index contributed by atoms with van der Waals surface area (Å²) in [5.41, 5.74) is 0. The van der Waals surface area contributed by atoms with Crippen molar-refractivity contribution in [2.45, 2.75) is 65.1 Å². The molecule has 2 amide bonds. The molecule has 0 unspecified atom stereocenters. The highest BCUT2D eigenvalue weighted by molar-refractivity contribution is 6.75. The SMILES string of the molecule is CCC[Si](CCC)(CCC)OC(=O)/N=N/C(=O)OCC. The van der Waals surface area contributed by atoms with Crippen molar-refractivity contribution in [2.75, 3.05) is 6.61 Å². The second-order valence-corrected chi connectivity index (χ2v) is 8.77. The average Bonchev–Trinajstić information content (AvgIpc) is 2.37. The molecule has 0 aliphatic heterocycles. The Kier molecular flexibility index (Phi) is 9.88. The molecule has 0 aromatic rings. The minimum absolute atomic E-state index is 0.201. The zero-order chi connectivity index (χ0) is 15.4. The lowest BCUT2D eigenvalue weighted by Gasteiger charge is -2.29. The Balaban J connectivity index is 4.70. The van der Waals surface area contributed by atoms with Crippen molar-refractivity contribution in [1.29, 1.82) is 0 Å². The first-order valence-electron chi connectivity index (χ1n) is 7.35. The Morgan fingerprint density at radius 1 is 0.850 bits per heavy atom. The summed E-state index contributed by atoms with van der Waals surface area (Å²) in [6.07, 6.45) is 1.32. The quantitative estimate of drug-likeness (QED) is 0.471. The summed E-state index contributed by atoms with van der Waals surface area (Å²) in [5, 5.41) is 6.49. The smallest absolute Gasteiger partial charge is 0.452 e.